The molecule has 0 heterocycles. The number of rotatable bonds is 1. The van der Waals surface area contributed by atoms with Crippen LogP contribution in [0.2, 0.25) is 0 Å². The average Bonchev–Trinajstić information content (AvgIpc) is 2.10. The smallest absolute Gasteiger partial charge is 0.291 e. The molecule has 0 aromatic rings. The van der Waals surface area contributed by atoms with Crippen molar-refractivity contribution in [3.63, 3.8) is 0 Å². The van der Waals surface area contributed by atoms with Gasteiger partial charge in [-0.05, 0) is 56.3 Å². The summed E-state index contributed by atoms with van der Waals surface area (Å²) in [5.41, 5.74) is 11.2. The molecule has 4 fully saturated rings. The summed E-state index contributed by atoms with van der Waals surface area (Å²) >= 11 is 0. The second-order valence-corrected chi connectivity index (χ2v) is 5.92. The molecule has 7 nitrogen and oxygen atoms in total. The molecule has 7 heteroatoms. The van der Waals surface area contributed by atoms with E-state index in [1.807, 2.05) is 0 Å². The molecule has 0 atom stereocenters. The molecule has 0 aliphatic heterocycles. The fourth-order valence-electron chi connectivity index (χ4n) is 4.48. The molecule has 0 radical (unpaired) electrons. The summed E-state index contributed by atoms with van der Waals surface area (Å²) in [6.45, 7) is 0. The molecule has 0 aromatic heterocycles. The van der Waals surface area contributed by atoms with E-state index in [-0.39, 0.29) is 5.54 Å². The van der Waals surface area contributed by atoms with Crippen LogP contribution < -0.4 is 11.5 Å². The fourth-order valence-corrected chi connectivity index (χ4v) is 4.48. The van der Waals surface area contributed by atoms with Crippen LogP contribution in [-0.4, -0.2) is 21.8 Å². The Hall–Kier alpha value is -1.53. The molecule has 4 bridgehead atoms. The van der Waals surface area contributed by atoms with Crippen molar-refractivity contribution in [2.45, 2.75) is 44.1 Å². The first kappa shape index (κ1) is 12.9. The molecule has 18 heavy (non-hydrogen) atoms. The number of guanidine groups is 1. The summed E-state index contributed by atoms with van der Waals surface area (Å²) in [6, 6.07) is 0. The van der Waals surface area contributed by atoms with Gasteiger partial charge in [-0.1, -0.05) is 0 Å². The van der Waals surface area contributed by atoms with Crippen LogP contribution >= 0.6 is 0 Å². The molecule has 102 valence electrons. The molecular weight excluding hydrogens is 236 g/mol. The van der Waals surface area contributed by atoms with Gasteiger partial charge >= 0.3 is 0 Å². The third-order valence-corrected chi connectivity index (χ3v) is 4.37. The number of nitrogens with zero attached hydrogens (tertiary/aromatic N) is 2. The molecule has 0 aromatic carbocycles. The third kappa shape index (κ3) is 2.83. The maximum atomic E-state index is 8.36. The third-order valence-electron chi connectivity index (χ3n) is 4.37. The van der Waals surface area contributed by atoms with E-state index in [0.29, 0.717) is 5.96 Å². The van der Waals surface area contributed by atoms with Crippen molar-refractivity contribution in [3.05, 3.63) is 10.1 Å². The highest BCUT2D eigenvalue weighted by atomic mass is 16.9. The first-order chi connectivity index (χ1) is 8.38. The summed E-state index contributed by atoms with van der Waals surface area (Å²) in [5.74, 6) is 3.06. The zero-order valence-corrected chi connectivity index (χ0v) is 10.3. The molecule has 4 aliphatic rings. The Kier molecular flexibility index (Phi) is 3.32. The maximum absolute atomic E-state index is 8.36. The quantitative estimate of drug-likeness (QED) is 0.278. The number of aliphatic imine (C=N–C) groups is 1. The van der Waals surface area contributed by atoms with Crippen LogP contribution in [0.15, 0.2) is 4.99 Å². The zero-order chi connectivity index (χ0) is 13.3. The van der Waals surface area contributed by atoms with Crippen molar-refractivity contribution in [2.24, 2.45) is 34.2 Å². The summed E-state index contributed by atoms with van der Waals surface area (Å²) in [4.78, 5) is 12.9. The largest absolute Gasteiger partial charge is 0.370 e. The Balaban J connectivity index is 0.000000267. The lowest BCUT2D eigenvalue weighted by atomic mass is 9.53. The van der Waals surface area contributed by atoms with Crippen LogP contribution in [0.25, 0.3) is 0 Å². The Morgan fingerprint density at radius 1 is 1.17 bits per heavy atom. The SMILES string of the molecule is NC(N)=NC12CC3CC(CC(C3)C1)C2.O=[N+]([O-])O. The van der Waals surface area contributed by atoms with E-state index in [4.69, 9.17) is 26.8 Å². The normalized spacial score (nSPS) is 39.7. The van der Waals surface area contributed by atoms with Crippen molar-refractivity contribution < 1.29 is 10.3 Å². The van der Waals surface area contributed by atoms with Crippen LogP contribution in [-0.2, 0) is 0 Å². The van der Waals surface area contributed by atoms with E-state index in [9.17, 15) is 0 Å². The second kappa shape index (κ2) is 4.62. The van der Waals surface area contributed by atoms with Gasteiger partial charge in [0.2, 0.25) is 0 Å². The first-order valence-electron chi connectivity index (χ1n) is 6.32. The Bertz CT molecular complexity index is 326. The second-order valence-electron chi connectivity index (χ2n) is 5.92. The highest BCUT2D eigenvalue weighted by molar-refractivity contribution is 5.76. The molecule has 0 amide bonds. The van der Waals surface area contributed by atoms with Gasteiger partial charge in [-0.2, -0.15) is 0 Å². The molecule has 5 N–H and O–H groups in total. The van der Waals surface area contributed by atoms with Crippen molar-refractivity contribution in [2.75, 3.05) is 0 Å². The van der Waals surface area contributed by atoms with Crippen LogP contribution in [0, 0.1) is 27.9 Å². The minimum atomic E-state index is -1.50. The molecule has 4 saturated carbocycles. The lowest BCUT2D eigenvalue weighted by Crippen LogP contribution is -2.50. The lowest BCUT2D eigenvalue weighted by molar-refractivity contribution is -0.742. The van der Waals surface area contributed by atoms with Crippen LogP contribution in [0.5, 0.6) is 0 Å². The van der Waals surface area contributed by atoms with E-state index in [1.165, 1.54) is 38.5 Å². The summed E-state index contributed by atoms with van der Waals surface area (Å²) < 4.78 is 0. The van der Waals surface area contributed by atoms with E-state index in [0.717, 1.165) is 17.8 Å². The van der Waals surface area contributed by atoms with Crippen LogP contribution in [0.1, 0.15) is 38.5 Å². The van der Waals surface area contributed by atoms with Gasteiger partial charge < -0.3 is 16.7 Å². The fraction of sp³-hybridized carbons (Fsp3) is 0.909. The average molecular weight is 256 g/mol. The highest BCUT2D eigenvalue weighted by Crippen LogP contribution is 2.57. The summed E-state index contributed by atoms with van der Waals surface area (Å²) in [6.07, 6.45) is 8.07. The maximum Gasteiger partial charge on any atom is 0.291 e. The number of hydrogen-bond donors (Lipinski definition) is 3. The van der Waals surface area contributed by atoms with Crippen molar-refractivity contribution in [1.29, 1.82) is 0 Å². The Morgan fingerprint density at radius 2 is 1.50 bits per heavy atom. The highest BCUT2D eigenvalue weighted by Gasteiger charge is 2.51. The molecular formula is C11H20N4O3. The number of nitrogens with two attached hydrogens (primary N) is 2. The molecule has 0 unspecified atom stereocenters. The van der Waals surface area contributed by atoms with Gasteiger partial charge in [0.25, 0.3) is 5.09 Å². The predicted octanol–water partition coefficient (Wildman–Crippen LogP) is 0.881. The van der Waals surface area contributed by atoms with Gasteiger partial charge in [0, 0.05) is 0 Å². The van der Waals surface area contributed by atoms with Gasteiger partial charge in [0.15, 0.2) is 5.96 Å². The summed E-state index contributed by atoms with van der Waals surface area (Å²) in [7, 11) is 0. The predicted molar refractivity (Wildman–Crippen MR) is 65.5 cm³/mol. The van der Waals surface area contributed by atoms with Gasteiger partial charge in [-0.15, -0.1) is 10.1 Å². The topological polar surface area (TPSA) is 128 Å². The first-order valence-corrected chi connectivity index (χ1v) is 6.32. The van der Waals surface area contributed by atoms with Gasteiger partial charge in [-0.25, -0.2) is 4.99 Å². The van der Waals surface area contributed by atoms with Crippen molar-refractivity contribution >= 4 is 5.96 Å². The Morgan fingerprint density at radius 3 is 1.78 bits per heavy atom. The monoisotopic (exact) mass is 256 g/mol. The van der Waals surface area contributed by atoms with Crippen molar-refractivity contribution in [1.82, 2.24) is 0 Å². The molecule has 4 aliphatic carbocycles. The van der Waals surface area contributed by atoms with Crippen LogP contribution in [0.3, 0.4) is 0 Å². The van der Waals surface area contributed by atoms with Gasteiger partial charge in [0.1, 0.15) is 0 Å². The summed E-state index contributed by atoms with van der Waals surface area (Å²) in [5, 5.41) is 13.6. The van der Waals surface area contributed by atoms with Gasteiger partial charge in [-0.3, -0.25) is 0 Å². The lowest BCUT2D eigenvalue weighted by Gasteiger charge is -2.54. The number of hydrogen-bond acceptors (Lipinski definition) is 3. The molecule has 0 spiro atoms. The zero-order valence-electron chi connectivity index (χ0n) is 10.3. The molecule has 4 rings (SSSR count). The molecule has 0 saturated heterocycles. The van der Waals surface area contributed by atoms with E-state index >= 15 is 0 Å². The van der Waals surface area contributed by atoms with Crippen LogP contribution in [0.4, 0.5) is 0 Å². The van der Waals surface area contributed by atoms with E-state index < -0.39 is 5.09 Å². The van der Waals surface area contributed by atoms with Crippen molar-refractivity contribution in [3.8, 4) is 0 Å². The minimum absolute atomic E-state index is 0.160. The van der Waals surface area contributed by atoms with Gasteiger partial charge in [0.05, 0.1) is 5.54 Å². The standard InChI is InChI=1S/C11H19N3.HNO3/c12-10(13)14-11-4-7-1-8(5-11)3-9(2-7)6-11;2-1(3)4/h7-9H,1-6H2,(H4,12,13,14);(H,2,3,4). The minimum Gasteiger partial charge on any atom is -0.370 e. The Labute approximate surface area is 105 Å². The van der Waals surface area contributed by atoms with E-state index in [1.54, 1.807) is 0 Å². The van der Waals surface area contributed by atoms with E-state index in [2.05, 4.69) is 4.99 Å².